The highest BCUT2D eigenvalue weighted by Crippen LogP contribution is 2.22. The number of benzene rings is 1. The van der Waals surface area contributed by atoms with Crippen LogP contribution in [-0.2, 0) is 0 Å². The summed E-state index contributed by atoms with van der Waals surface area (Å²) in [6.45, 7) is 3.74. The largest absolute Gasteiger partial charge is 0.483 e. The zero-order valence-corrected chi connectivity index (χ0v) is 9.65. The van der Waals surface area contributed by atoms with E-state index in [1.165, 1.54) is 0 Å². The maximum absolute atomic E-state index is 5.81. The van der Waals surface area contributed by atoms with Crippen molar-refractivity contribution < 1.29 is 4.74 Å². The molecule has 1 rings (SSSR count). The minimum atomic E-state index is -0.259. The molecule has 1 unspecified atom stereocenters. The quantitative estimate of drug-likeness (QED) is 0.810. The average Bonchev–Trinajstić information content (AvgIpc) is 2.09. The molecule has 76 valence electrons. The first-order chi connectivity index (χ1) is 6.50. The maximum Gasteiger partial charge on any atom is 0.145 e. The van der Waals surface area contributed by atoms with E-state index in [0.717, 1.165) is 11.3 Å². The Morgan fingerprint density at radius 3 is 2.71 bits per heavy atom. The summed E-state index contributed by atoms with van der Waals surface area (Å²) in [6, 6.07) is 5.42. The van der Waals surface area contributed by atoms with Crippen molar-refractivity contribution in [1.82, 2.24) is 0 Å². The van der Waals surface area contributed by atoms with Crippen LogP contribution in [0.25, 0.3) is 0 Å². The average molecular weight is 230 g/mol. The summed E-state index contributed by atoms with van der Waals surface area (Å²) in [5, 5.41) is 0.692. The summed E-state index contributed by atoms with van der Waals surface area (Å²) in [6.07, 6.45) is -0.259. The molecule has 14 heavy (non-hydrogen) atoms. The molecule has 1 aromatic rings. The van der Waals surface area contributed by atoms with E-state index in [1.54, 1.807) is 6.07 Å². The van der Waals surface area contributed by atoms with Crippen molar-refractivity contribution in [3.63, 3.8) is 0 Å². The summed E-state index contributed by atoms with van der Waals surface area (Å²) >= 11 is 10.6. The molecular weight excluding hydrogens is 218 g/mol. The highest BCUT2D eigenvalue weighted by Gasteiger charge is 2.08. The highest BCUT2D eigenvalue weighted by atomic mass is 35.5. The van der Waals surface area contributed by atoms with Crippen molar-refractivity contribution in [2.45, 2.75) is 20.0 Å². The third-order valence-corrected chi connectivity index (χ3v) is 2.41. The summed E-state index contributed by atoms with van der Waals surface area (Å²) in [5.41, 5.74) is 6.42. The molecule has 0 bridgehead atoms. The van der Waals surface area contributed by atoms with Crippen LogP contribution in [0, 0.1) is 6.92 Å². The number of ether oxygens (including phenoxy) is 1. The molecule has 0 fully saturated rings. The summed E-state index contributed by atoms with van der Waals surface area (Å²) in [4.78, 5) is 0.347. The fourth-order valence-corrected chi connectivity index (χ4v) is 1.27. The molecule has 0 saturated heterocycles. The van der Waals surface area contributed by atoms with E-state index in [-0.39, 0.29) is 6.10 Å². The smallest absolute Gasteiger partial charge is 0.145 e. The molecule has 0 heterocycles. The summed E-state index contributed by atoms with van der Waals surface area (Å²) in [7, 11) is 0. The fourth-order valence-electron chi connectivity index (χ4n) is 0.994. The predicted molar refractivity (Wildman–Crippen MR) is 63.1 cm³/mol. The van der Waals surface area contributed by atoms with Gasteiger partial charge >= 0.3 is 0 Å². The first-order valence-corrected chi connectivity index (χ1v) is 5.01. The topological polar surface area (TPSA) is 35.2 Å². The lowest BCUT2D eigenvalue weighted by Crippen LogP contribution is -2.29. The molecule has 0 spiro atoms. The zero-order chi connectivity index (χ0) is 10.7. The van der Waals surface area contributed by atoms with E-state index < -0.39 is 0 Å². The molecule has 0 aromatic heterocycles. The van der Waals surface area contributed by atoms with E-state index in [9.17, 15) is 0 Å². The molecule has 4 heteroatoms. The second-order valence-corrected chi connectivity index (χ2v) is 3.98. The van der Waals surface area contributed by atoms with Crippen molar-refractivity contribution in [1.29, 1.82) is 0 Å². The Balaban J connectivity index is 2.82. The standard InChI is InChI=1S/C10H12ClNOS/c1-6-5-8(11)3-4-9(6)13-7(2)10(12)14/h3-5,7H,1-2H3,(H2,12,14). The van der Waals surface area contributed by atoms with Gasteiger partial charge in [0.1, 0.15) is 16.8 Å². The van der Waals surface area contributed by atoms with E-state index >= 15 is 0 Å². The van der Waals surface area contributed by atoms with Gasteiger partial charge in [-0.1, -0.05) is 23.8 Å². The second-order valence-electron chi connectivity index (χ2n) is 3.07. The third kappa shape index (κ3) is 2.86. The third-order valence-electron chi connectivity index (χ3n) is 1.84. The molecule has 0 aliphatic carbocycles. The zero-order valence-electron chi connectivity index (χ0n) is 8.08. The Morgan fingerprint density at radius 1 is 1.57 bits per heavy atom. The van der Waals surface area contributed by atoms with Crippen LogP contribution in [0.15, 0.2) is 18.2 Å². The van der Waals surface area contributed by atoms with Gasteiger partial charge in [-0.2, -0.15) is 0 Å². The number of rotatable bonds is 3. The molecule has 1 aromatic carbocycles. The van der Waals surface area contributed by atoms with Gasteiger partial charge < -0.3 is 10.5 Å². The monoisotopic (exact) mass is 229 g/mol. The van der Waals surface area contributed by atoms with Crippen molar-refractivity contribution in [3.8, 4) is 5.75 Å². The van der Waals surface area contributed by atoms with Crippen LogP contribution in [0.5, 0.6) is 5.75 Å². The Kier molecular flexibility index (Phi) is 3.72. The van der Waals surface area contributed by atoms with Crippen LogP contribution in [0.3, 0.4) is 0 Å². The highest BCUT2D eigenvalue weighted by molar-refractivity contribution is 7.80. The minimum absolute atomic E-state index is 0.259. The summed E-state index contributed by atoms with van der Waals surface area (Å²) < 4.78 is 5.54. The molecule has 2 nitrogen and oxygen atoms in total. The van der Waals surface area contributed by atoms with Crippen LogP contribution in [0.2, 0.25) is 5.02 Å². The molecule has 0 aliphatic heterocycles. The number of thiocarbonyl (C=S) groups is 1. The van der Waals surface area contributed by atoms with Gasteiger partial charge in [0, 0.05) is 5.02 Å². The van der Waals surface area contributed by atoms with Gasteiger partial charge in [0.2, 0.25) is 0 Å². The SMILES string of the molecule is Cc1cc(Cl)ccc1OC(C)C(N)=S. The van der Waals surface area contributed by atoms with Gasteiger partial charge in [-0.3, -0.25) is 0 Å². The van der Waals surface area contributed by atoms with E-state index in [0.29, 0.717) is 10.0 Å². The fraction of sp³-hybridized carbons (Fsp3) is 0.300. The Bertz CT molecular complexity index is 354. The lowest BCUT2D eigenvalue weighted by Gasteiger charge is -2.14. The number of halogens is 1. The van der Waals surface area contributed by atoms with Gasteiger partial charge in [0.15, 0.2) is 0 Å². The molecular formula is C10H12ClNOS. The van der Waals surface area contributed by atoms with Gasteiger partial charge in [-0.15, -0.1) is 0 Å². The molecule has 0 aliphatic rings. The summed E-state index contributed by atoms with van der Waals surface area (Å²) in [5.74, 6) is 0.759. The molecule has 2 N–H and O–H groups in total. The van der Waals surface area contributed by atoms with Gasteiger partial charge in [-0.05, 0) is 37.6 Å². The van der Waals surface area contributed by atoms with Crippen molar-refractivity contribution >= 4 is 28.8 Å². The number of aryl methyl sites for hydroxylation is 1. The minimum Gasteiger partial charge on any atom is -0.483 e. The van der Waals surface area contributed by atoms with Crippen LogP contribution in [-0.4, -0.2) is 11.1 Å². The lowest BCUT2D eigenvalue weighted by atomic mass is 10.2. The first kappa shape index (κ1) is 11.3. The van der Waals surface area contributed by atoms with Crippen LogP contribution in [0.1, 0.15) is 12.5 Å². The van der Waals surface area contributed by atoms with E-state index in [4.69, 9.17) is 34.3 Å². The second kappa shape index (κ2) is 4.62. The van der Waals surface area contributed by atoms with Crippen molar-refractivity contribution in [2.24, 2.45) is 5.73 Å². The normalized spacial score (nSPS) is 12.2. The Morgan fingerprint density at radius 2 is 2.21 bits per heavy atom. The van der Waals surface area contributed by atoms with Gasteiger partial charge in [0.25, 0.3) is 0 Å². The predicted octanol–water partition coefficient (Wildman–Crippen LogP) is 2.70. The van der Waals surface area contributed by atoms with E-state index in [2.05, 4.69) is 0 Å². The van der Waals surface area contributed by atoms with Gasteiger partial charge in [-0.25, -0.2) is 0 Å². The van der Waals surface area contributed by atoms with Crippen molar-refractivity contribution in [2.75, 3.05) is 0 Å². The first-order valence-electron chi connectivity index (χ1n) is 4.23. The molecule has 0 radical (unpaired) electrons. The Hall–Kier alpha value is -0.800. The lowest BCUT2D eigenvalue weighted by molar-refractivity contribution is 0.286. The van der Waals surface area contributed by atoms with E-state index in [1.807, 2.05) is 26.0 Å². The molecule has 1 atom stereocenters. The molecule has 0 saturated carbocycles. The van der Waals surface area contributed by atoms with Crippen LogP contribution < -0.4 is 10.5 Å². The van der Waals surface area contributed by atoms with Gasteiger partial charge in [0.05, 0.1) is 0 Å². The van der Waals surface area contributed by atoms with Crippen molar-refractivity contribution in [3.05, 3.63) is 28.8 Å². The molecule has 0 amide bonds. The number of nitrogens with two attached hydrogens (primary N) is 1. The van der Waals surface area contributed by atoms with Crippen LogP contribution in [0.4, 0.5) is 0 Å². The Labute approximate surface area is 94.0 Å². The number of hydrogen-bond acceptors (Lipinski definition) is 2. The van der Waals surface area contributed by atoms with Crippen LogP contribution >= 0.6 is 23.8 Å². The number of hydrogen-bond donors (Lipinski definition) is 1. The maximum atomic E-state index is 5.81.